The second-order valence-electron chi connectivity index (χ2n) is 1.25. The van der Waals surface area contributed by atoms with Gasteiger partial charge in [-0.1, -0.05) is 0 Å². The molecule has 0 saturated carbocycles. The number of nitrogens with zero attached hydrogens (tertiary/aromatic N) is 1. The normalized spacial score (nSPS) is 11.2. The van der Waals surface area contributed by atoms with Crippen LogP contribution in [0.3, 0.4) is 0 Å². The first-order valence-electron chi connectivity index (χ1n) is 1.78. The summed E-state index contributed by atoms with van der Waals surface area (Å²) in [6, 6.07) is 0. The average Bonchev–Trinajstić information content (AvgIpc) is 1.62. The number of hydrogen-bond acceptors (Lipinski definition) is 3. The second kappa shape index (κ2) is 4.39. The fraction of sp³-hybridized carbons (Fsp3) is 1.00. The van der Waals surface area contributed by atoms with E-state index in [9.17, 15) is 18.7 Å². The molecule has 0 heterocycles. The summed E-state index contributed by atoms with van der Waals surface area (Å²) in [7, 11) is -3.92. The SMILES string of the molecule is CN(CF)P(=O)([O-])[O-].[Cu+2]. The molecule has 0 amide bonds. The molecule has 0 aromatic rings. The Morgan fingerprint density at radius 1 is 1.67 bits per heavy atom. The molecule has 0 spiro atoms. The van der Waals surface area contributed by atoms with Gasteiger partial charge in [0, 0.05) is 7.75 Å². The molecule has 4 nitrogen and oxygen atoms in total. The van der Waals surface area contributed by atoms with Crippen LogP contribution in [0.2, 0.25) is 0 Å². The third kappa shape index (κ3) is 5.03. The maximum Gasteiger partial charge on any atom is 2.00 e. The van der Waals surface area contributed by atoms with E-state index in [4.69, 9.17) is 0 Å². The van der Waals surface area contributed by atoms with E-state index in [1.54, 1.807) is 0 Å². The molecule has 9 heavy (non-hydrogen) atoms. The molecule has 59 valence electrons. The zero-order valence-electron chi connectivity index (χ0n) is 4.51. The van der Waals surface area contributed by atoms with Crippen LogP contribution >= 0.6 is 7.75 Å². The minimum Gasteiger partial charge on any atom is -0.799 e. The molecule has 0 rings (SSSR count). The molecule has 0 aromatic carbocycles. The quantitative estimate of drug-likeness (QED) is 0.318. The van der Waals surface area contributed by atoms with Crippen molar-refractivity contribution in [2.75, 3.05) is 13.8 Å². The zero-order chi connectivity index (χ0) is 6.78. The van der Waals surface area contributed by atoms with Gasteiger partial charge in [0.15, 0.2) is 0 Å². The molecular formula is C2H5CuFNO3P. The zero-order valence-corrected chi connectivity index (χ0v) is 6.34. The van der Waals surface area contributed by atoms with E-state index in [2.05, 4.69) is 0 Å². The van der Waals surface area contributed by atoms with Crippen LogP contribution in [0.1, 0.15) is 0 Å². The Balaban J connectivity index is 0. The van der Waals surface area contributed by atoms with E-state index < -0.39 is 14.5 Å². The van der Waals surface area contributed by atoms with Gasteiger partial charge in [-0.15, -0.1) is 0 Å². The van der Waals surface area contributed by atoms with Gasteiger partial charge in [0.25, 0.3) is 0 Å². The molecule has 0 N–H and O–H groups in total. The Hall–Kier alpha value is 0.559. The summed E-state index contributed by atoms with van der Waals surface area (Å²) in [5, 5.41) is 0. The Kier molecular flexibility index (Phi) is 5.97. The molecule has 0 aliphatic rings. The second-order valence-corrected chi connectivity index (χ2v) is 2.87. The van der Waals surface area contributed by atoms with Gasteiger partial charge in [0.2, 0.25) is 0 Å². The molecule has 0 aliphatic carbocycles. The molecule has 1 radical (unpaired) electrons. The summed E-state index contributed by atoms with van der Waals surface area (Å²) in [4.78, 5) is 19.4. The predicted octanol–water partition coefficient (Wildman–Crippen LogP) is -1.33. The Bertz CT molecular complexity index is 116. The number of halogens is 1. The van der Waals surface area contributed by atoms with E-state index in [1.165, 1.54) is 0 Å². The largest absolute Gasteiger partial charge is 2.00 e. The van der Waals surface area contributed by atoms with Crippen LogP contribution in [0.5, 0.6) is 0 Å². The summed E-state index contributed by atoms with van der Waals surface area (Å²) in [5.41, 5.74) is 0. The van der Waals surface area contributed by atoms with Crippen molar-refractivity contribution in [2.45, 2.75) is 0 Å². The number of hydrogen-bond donors (Lipinski definition) is 0. The molecule has 7 heteroatoms. The van der Waals surface area contributed by atoms with Gasteiger partial charge in [-0.2, -0.15) is 0 Å². The molecule has 0 atom stereocenters. The molecule has 0 unspecified atom stereocenters. The number of rotatable bonds is 2. The molecule has 0 fully saturated rings. The van der Waals surface area contributed by atoms with Crippen LogP contribution in [-0.4, -0.2) is 18.5 Å². The molecule has 0 saturated heterocycles. The molecule has 0 bridgehead atoms. The van der Waals surface area contributed by atoms with Crippen molar-refractivity contribution in [3.8, 4) is 0 Å². The minimum absolute atomic E-state index is 0. The summed E-state index contributed by atoms with van der Waals surface area (Å²) in [5.74, 6) is 0. The summed E-state index contributed by atoms with van der Waals surface area (Å²) >= 11 is 0. The van der Waals surface area contributed by atoms with Crippen molar-refractivity contribution in [3.05, 3.63) is 0 Å². The van der Waals surface area contributed by atoms with Crippen LogP contribution in [-0.2, 0) is 21.6 Å². The van der Waals surface area contributed by atoms with Gasteiger partial charge in [-0.05, 0) is 7.05 Å². The Morgan fingerprint density at radius 3 is 2.00 bits per heavy atom. The van der Waals surface area contributed by atoms with E-state index >= 15 is 0 Å². The predicted molar refractivity (Wildman–Crippen MR) is 21.3 cm³/mol. The monoisotopic (exact) mass is 204 g/mol. The fourth-order valence-electron chi connectivity index (χ4n) is 0.0655. The van der Waals surface area contributed by atoms with Crippen molar-refractivity contribution in [3.63, 3.8) is 0 Å². The Morgan fingerprint density at radius 2 is 2.00 bits per heavy atom. The van der Waals surface area contributed by atoms with Gasteiger partial charge in [-0.3, -0.25) is 4.67 Å². The van der Waals surface area contributed by atoms with Gasteiger partial charge in [-0.25, -0.2) is 4.39 Å². The van der Waals surface area contributed by atoms with Gasteiger partial charge in [0.05, 0.1) is 0 Å². The summed E-state index contributed by atoms with van der Waals surface area (Å²) in [6.07, 6.45) is 0. The van der Waals surface area contributed by atoms with Gasteiger partial charge in [0.1, 0.15) is 6.80 Å². The van der Waals surface area contributed by atoms with Gasteiger partial charge >= 0.3 is 17.1 Å². The van der Waals surface area contributed by atoms with Crippen LogP contribution < -0.4 is 9.79 Å². The van der Waals surface area contributed by atoms with Crippen LogP contribution in [0.15, 0.2) is 0 Å². The smallest absolute Gasteiger partial charge is 0.799 e. The van der Waals surface area contributed by atoms with E-state index in [0.717, 1.165) is 7.05 Å². The summed E-state index contributed by atoms with van der Waals surface area (Å²) < 4.78 is 21.0. The minimum atomic E-state index is -4.80. The Labute approximate surface area is 62.7 Å². The van der Waals surface area contributed by atoms with Crippen molar-refractivity contribution >= 4 is 7.75 Å². The topological polar surface area (TPSA) is 66.4 Å². The third-order valence-corrected chi connectivity index (χ3v) is 1.53. The van der Waals surface area contributed by atoms with Crippen LogP contribution in [0.4, 0.5) is 4.39 Å². The molecule has 0 aromatic heterocycles. The number of alkyl halides is 1. The van der Waals surface area contributed by atoms with E-state index in [1.807, 2.05) is 0 Å². The van der Waals surface area contributed by atoms with Crippen molar-refractivity contribution in [1.29, 1.82) is 0 Å². The van der Waals surface area contributed by atoms with E-state index in [-0.39, 0.29) is 21.7 Å². The van der Waals surface area contributed by atoms with Gasteiger partial charge < -0.3 is 14.4 Å². The first-order chi connectivity index (χ1) is 3.48. The summed E-state index contributed by atoms with van der Waals surface area (Å²) in [6.45, 7) is -1.26. The van der Waals surface area contributed by atoms with Crippen molar-refractivity contribution in [2.24, 2.45) is 0 Å². The third-order valence-electron chi connectivity index (χ3n) is 0.591. The van der Waals surface area contributed by atoms with Crippen molar-refractivity contribution < 1.29 is 35.8 Å². The molecular weight excluding hydrogens is 200 g/mol. The van der Waals surface area contributed by atoms with E-state index in [0.29, 0.717) is 0 Å². The average molecular weight is 205 g/mol. The first-order valence-corrected chi connectivity index (χ1v) is 3.27. The van der Waals surface area contributed by atoms with Crippen LogP contribution in [0.25, 0.3) is 0 Å². The van der Waals surface area contributed by atoms with Crippen molar-refractivity contribution in [1.82, 2.24) is 4.67 Å². The fourth-order valence-corrected chi connectivity index (χ4v) is 0.196. The maximum atomic E-state index is 11.2. The molecule has 0 aliphatic heterocycles. The van der Waals surface area contributed by atoms with Crippen LogP contribution in [0, 0.1) is 0 Å². The standard InChI is InChI=1S/C2H7FNO3P.Cu/c1-4(2-3)8(5,6)7;/h2H2,1H3,(H2,5,6,7);/q;+2/p-2. The first kappa shape index (κ1) is 12.3. The maximum absolute atomic E-state index is 11.2.